The molecule has 9 heteroatoms. The van der Waals surface area contributed by atoms with Crippen molar-refractivity contribution < 1.29 is 9.59 Å². The molecule has 8 nitrogen and oxygen atoms in total. The van der Waals surface area contributed by atoms with Gasteiger partial charge in [-0.15, -0.1) is 0 Å². The van der Waals surface area contributed by atoms with Crippen LogP contribution in [0.5, 0.6) is 0 Å². The molecule has 2 aliphatic heterocycles. The van der Waals surface area contributed by atoms with E-state index >= 15 is 0 Å². The van der Waals surface area contributed by atoms with Crippen LogP contribution in [0.2, 0.25) is 0 Å². The van der Waals surface area contributed by atoms with Crippen LogP contribution < -0.4 is 10.2 Å². The maximum atomic E-state index is 14.4. The number of benzene rings is 4. The third-order valence-corrected chi connectivity index (χ3v) is 10.0. The van der Waals surface area contributed by atoms with Crippen LogP contribution in [0.15, 0.2) is 114 Å². The number of rotatable bonds is 7. The van der Waals surface area contributed by atoms with Crippen LogP contribution in [0.3, 0.4) is 0 Å². The molecular weight excluding hydrogens is 628 g/mol. The molecule has 2 amide bonds. The Morgan fingerprint density at radius 3 is 2.02 bits per heavy atom. The highest BCUT2D eigenvalue weighted by molar-refractivity contribution is 9.10. The van der Waals surface area contributed by atoms with Gasteiger partial charge in [0.15, 0.2) is 17.0 Å². The summed E-state index contributed by atoms with van der Waals surface area (Å²) in [5.41, 5.74) is 1.56. The molecule has 2 saturated heterocycles. The number of carbonyl (C=O) groups is 2. The summed E-state index contributed by atoms with van der Waals surface area (Å²) in [6.45, 7) is 0.151. The van der Waals surface area contributed by atoms with Gasteiger partial charge in [0.1, 0.15) is 0 Å². The Labute approximate surface area is 270 Å². The highest BCUT2D eigenvalue weighted by Crippen LogP contribution is 2.52. The van der Waals surface area contributed by atoms with Gasteiger partial charge >= 0.3 is 0 Å². The van der Waals surface area contributed by atoms with Gasteiger partial charge in [-0.05, 0) is 65.3 Å². The zero-order valence-electron chi connectivity index (χ0n) is 24.8. The molecule has 1 unspecified atom stereocenters. The molecule has 3 N–H and O–H groups in total. The fraction of sp³-hybridized carbons (Fsp3) is 0.222. The SMILES string of the molecule is CN1C(=N)N(c2cccc(CN3C(=N)NC(c4ccccc4)(c4ccccc4)C3=O)c2)C(c2cccc(Br)c2)(C2CCC2)C1=O. The smallest absolute Gasteiger partial charge is 0.264 e. The summed E-state index contributed by atoms with van der Waals surface area (Å²) in [5.74, 6) is -0.181. The van der Waals surface area contributed by atoms with E-state index in [9.17, 15) is 9.59 Å². The minimum Gasteiger partial charge on any atom is -0.334 e. The Hall–Kier alpha value is -4.76. The summed E-state index contributed by atoms with van der Waals surface area (Å²) in [5, 5.41) is 21.3. The summed E-state index contributed by atoms with van der Waals surface area (Å²) in [6, 6.07) is 34.6. The van der Waals surface area contributed by atoms with E-state index in [1.165, 1.54) is 9.80 Å². The quantitative estimate of drug-likeness (QED) is 0.221. The van der Waals surface area contributed by atoms with Crippen LogP contribution in [0.1, 0.15) is 41.5 Å². The van der Waals surface area contributed by atoms with Crippen molar-refractivity contribution in [3.63, 3.8) is 0 Å². The number of carbonyl (C=O) groups excluding carboxylic acids is 2. The van der Waals surface area contributed by atoms with Crippen molar-refractivity contribution in [1.29, 1.82) is 10.8 Å². The minimum atomic E-state index is -1.23. The average Bonchev–Trinajstić information content (AvgIpc) is 3.40. The van der Waals surface area contributed by atoms with Crippen molar-refractivity contribution >= 4 is 45.4 Å². The molecule has 0 aromatic heterocycles. The monoisotopic (exact) mass is 660 g/mol. The lowest BCUT2D eigenvalue weighted by Gasteiger charge is -2.46. The predicted molar refractivity (Wildman–Crippen MR) is 178 cm³/mol. The van der Waals surface area contributed by atoms with Crippen molar-refractivity contribution in [2.24, 2.45) is 5.92 Å². The van der Waals surface area contributed by atoms with E-state index in [1.54, 1.807) is 7.05 Å². The summed E-state index contributed by atoms with van der Waals surface area (Å²) < 4.78 is 0.875. The number of guanidine groups is 2. The molecule has 4 aromatic carbocycles. The van der Waals surface area contributed by atoms with Gasteiger partial charge in [0.05, 0.1) is 6.54 Å². The Balaban J connectivity index is 1.28. The van der Waals surface area contributed by atoms with Gasteiger partial charge in [-0.1, -0.05) is 107 Å². The van der Waals surface area contributed by atoms with Crippen LogP contribution in [0.4, 0.5) is 5.69 Å². The molecule has 3 aliphatic rings. The summed E-state index contributed by atoms with van der Waals surface area (Å²) >= 11 is 3.60. The number of hydrogen-bond donors (Lipinski definition) is 3. The van der Waals surface area contributed by atoms with Crippen molar-refractivity contribution in [2.75, 3.05) is 11.9 Å². The Bertz CT molecular complexity index is 1790. The van der Waals surface area contributed by atoms with Crippen LogP contribution in [-0.4, -0.2) is 40.6 Å². The maximum absolute atomic E-state index is 14.4. The van der Waals surface area contributed by atoms with E-state index in [0.29, 0.717) is 5.69 Å². The number of anilines is 1. The number of halogens is 1. The molecule has 1 saturated carbocycles. The van der Waals surface area contributed by atoms with Crippen LogP contribution in [0, 0.1) is 16.7 Å². The number of likely N-dealkylation sites (N-methyl/N-ethyl adjacent to an activating group) is 1. The first-order valence-corrected chi connectivity index (χ1v) is 15.9. The Morgan fingerprint density at radius 2 is 1.42 bits per heavy atom. The Morgan fingerprint density at radius 1 is 0.800 bits per heavy atom. The van der Waals surface area contributed by atoms with Crippen LogP contribution >= 0.6 is 15.9 Å². The highest BCUT2D eigenvalue weighted by Gasteiger charge is 2.61. The molecule has 226 valence electrons. The van der Waals surface area contributed by atoms with Crippen LogP contribution in [0.25, 0.3) is 0 Å². The van der Waals surface area contributed by atoms with E-state index in [4.69, 9.17) is 10.8 Å². The number of nitrogens with zero attached hydrogens (tertiary/aromatic N) is 3. The molecule has 2 heterocycles. The lowest BCUT2D eigenvalue weighted by atomic mass is 9.66. The second-order valence-corrected chi connectivity index (χ2v) is 12.9. The first kappa shape index (κ1) is 29.0. The van der Waals surface area contributed by atoms with Crippen molar-refractivity contribution in [3.8, 4) is 0 Å². The molecule has 0 spiro atoms. The molecule has 7 rings (SSSR count). The summed E-state index contributed by atoms with van der Waals surface area (Å²) in [4.78, 5) is 33.4. The molecule has 4 aromatic rings. The molecule has 1 aliphatic carbocycles. The number of hydrogen-bond acceptors (Lipinski definition) is 4. The van der Waals surface area contributed by atoms with Crippen molar-refractivity contribution in [3.05, 3.63) is 136 Å². The first-order chi connectivity index (χ1) is 21.8. The Kier molecular flexibility index (Phi) is 7.08. The van der Waals surface area contributed by atoms with Gasteiger partial charge < -0.3 is 5.32 Å². The molecule has 0 bridgehead atoms. The largest absolute Gasteiger partial charge is 0.334 e. The van der Waals surface area contributed by atoms with Gasteiger partial charge in [0, 0.05) is 17.2 Å². The van der Waals surface area contributed by atoms with E-state index in [1.807, 2.05) is 114 Å². The standard InChI is InChI=1S/C36H33BrN6O2/c1-41-32(45)36(27-16-9-17-27,28-18-10-19-29(37)22-28)43(34(41)39)30-20-8-11-24(21-30)23-42-31(44)35(40-33(42)38,25-12-4-2-5-13-25)26-14-6-3-7-15-26/h2-8,10-15,18-22,27,39H,9,16-17,23H2,1H3,(H2,38,40). The van der Waals surface area contributed by atoms with Gasteiger partial charge in [-0.3, -0.25) is 35.1 Å². The highest BCUT2D eigenvalue weighted by atomic mass is 79.9. The van der Waals surface area contributed by atoms with Gasteiger partial charge in [0.25, 0.3) is 11.8 Å². The second kappa shape index (κ2) is 11.0. The van der Waals surface area contributed by atoms with E-state index in [2.05, 4.69) is 21.2 Å². The van der Waals surface area contributed by atoms with Gasteiger partial charge in [0.2, 0.25) is 5.96 Å². The average molecular weight is 662 g/mol. The van der Waals surface area contributed by atoms with E-state index < -0.39 is 11.1 Å². The molecule has 1 atom stereocenters. The zero-order valence-corrected chi connectivity index (χ0v) is 26.4. The third kappa shape index (κ3) is 4.32. The van der Waals surface area contributed by atoms with E-state index in [-0.39, 0.29) is 36.2 Å². The van der Waals surface area contributed by atoms with E-state index in [0.717, 1.165) is 46.0 Å². The van der Waals surface area contributed by atoms with Gasteiger partial charge in [-0.2, -0.15) is 0 Å². The molecular formula is C36H33BrN6O2. The fourth-order valence-electron chi connectivity index (χ4n) is 7.15. The first-order valence-electron chi connectivity index (χ1n) is 15.1. The van der Waals surface area contributed by atoms with Crippen molar-refractivity contribution in [2.45, 2.75) is 36.9 Å². The molecule has 0 radical (unpaired) electrons. The second-order valence-electron chi connectivity index (χ2n) is 11.9. The molecule has 3 fully saturated rings. The topological polar surface area (TPSA) is 104 Å². The summed E-state index contributed by atoms with van der Waals surface area (Å²) in [6.07, 6.45) is 2.82. The lowest BCUT2D eigenvalue weighted by Crippen LogP contribution is -2.55. The predicted octanol–water partition coefficient (Wildman–Crippen LogP) is 6.17. The fourth-order valence-corrected chi connectivity index (χ4v) is 7.55. The lowest BCUT2D eigenvalue weighted by molar-refractivity contribution is -0.133. The van der Waals surface area contributed by atoms with Crippen LogP contribution in [-0.2, 0) is 27.2 Å². The number of amides is 2. The summed E-state index contributed by atoms with van der Waals surface area (Å²) in [7, 11) is 1.67. The van der Waals surface area contributed by atoms with Gasteiger partial charge in [-0.25, -0.2) is 0 Å². The number of nitrogens with one attached hydrogen (secondary N) is 3. The minimum absolute atomic E-state index is 0.0138. The zero-order chi connectivity index (χ0) is 31.3. The maximum Gasteiger partial charge on any atom is 0.264 e. The third-order valence-electron chi connectivity index (χ3n) is 9.54. The molecule has 45 heavy (non-hydrogen) atoms. The normalized spacial score (nSPS) is 21.3. The van der Waals surface area contributed by atoms with Crippen molar-refractivity contribution in [1.82, 2.24) is 15.1 Å².